The molecule has 0 radical (unpaired) electrons. The zero-order valence-electron chi connectivity index (χ0n) is 13.1. The maximum atomic E-state index is 10.6. The van der Waals surface area contributed by atoms with Gasteiger partial charge >= 0.3 is 0 Å². The molecule has 0 heterocycles. The van der Waals surface area contributed by atoms with Crippen molar-refractivity contribution in [3.8, 4) is 0 Å². The van der Waals surface area contributed by atoms with E-state index in [1.165, 1.54) is 19.3 Å². The molecule has 2 nitrogen and oxygen atoms in total. The Balaban J connectivity index is 2.37. The SMILES string of the molecule is CCC(C)(C)C1CCC(O)(CNCC(C)C)CC1. The third-order valence-electron chi connectivity index (χ3n) is 4.94. The number of aliphatic hydroxyl groups is 1. The highest BCUT2D eigenvalue weighted by Gasteiger charge is 2.38. The van der Waals surface area contributed by atoms with E-state index in [1.54, 1.807) is 0 Å². The van der Waals surface area contributed by atoms with Gasteiger partial charge in [0, 0.05) is 6.54 Å². The van der Waals surface area contributed by atoms with Gasteiger partial charge in [-0.1, -0.05) is 41.0 Å². The number of rotatable bonds is 6. The van der Waals surface area contributed by atoms with Crippen LogP contribution in [0.25, 0.3) is 0 Å². The maximum absolute atomic E-state index is 10.6. The zero-order chi connectivity index (χ0) is 13.8. The average molecular weight is 255 g/mol. The molecule has 2 N–H and O–H groups in total. The average Bonchev–Trinajstić information content (AvgIpc) is 2.29. The minimum atomic E-state index is -0.449. The van der Waals surface area contributed by atoms with Crippen LogP contribution in [0.15, 0.2) is 0 Å². The summed E-state index contributed by atoms with van der Waals surface area (Å²) >= 11 is 0. The van der Waals surface area contributed by atoms with Gasteiger partial charge < -0.3 is 10.4 Å². The van der Waals surface area contributed by atoms with Crippen LogP contribution in [0.2, 0.25) is 0 Å². The van der Waals surface area contributed by atoms with E-state index in [0.29, 0.717) is 11.3 Å². The molecule has 0 aromatic rings. The van der Waals surface area contributed by atoms with Crippen LogP contribution in [0, 0.1) is 17.3 Å². The molecule has 0 aromatic heterocycles. The van der Waals surface area contributed by atoms with Gasteiger partial charge in [-0.05, 0) is 49.5 Å². The minimum Gasteiger partial charge on any atom is -0.389 e. The summed E-state index contributed by atoms with van der Waals surface area (Å²) in [4.78, 5) is 0. The number of hydrogen-bond donors (Lipinski definition) is 2. The van der Waals surface area contributed by atoms with E-state index >= 15 is 0 Å². The molecule has 0 unspecified atom stereocenters. The van der Waals surface area contributed by atoms with Crippen molar-refractivity contribution in [3.63, 3.8) is 0 Å². The van der Waals surface area contributed by atoms with Crippen LogP contribution >= 0.6 is 0 Å². The third-order valence-corrected chi connectivity index (χ3v) is 4.94. The monoisotopic (exact) mass is 255 g/mol. The fourth-order valence-corrected chi connectivity index (χ4v) is 3.00. The molecular formula is C16H33NO. The van der Waals surface area contributed by atoms with Gasteiger partial charge in [0.2, 0.25) is 0 Å². The first-order chi connectivity index (χ1) is 8.29. The molecule has 0 spiro atoms. The lowest BCUT2D eigenvalue weighted by Crippen LogP contribution is -2.45. The van der Waals surface area contributed by atoms with E-state index in [2.05, 4.69) is 39.9 Å². The van der Waals surface area contributed by atoms with Crippen LogP contribution in [0.1, 0.15) is 66.7 Å². The van der Waals surface area contributed by atoms with Crippen molar-refractivity contribution in [2.24, 2.45) is 17.3 Å². The quantitative estimate of drug-likeness (QED) is 0.760. The Hall–Kier alpha value is -0.0800. The molecule has 0 aliphatic heterocycles. The van der Waals surface area contributed by atoms with Crippen molar-refractivity contribution in [3.05, 3.63) is 0 Å². The molecule has 108 valence electrons. The fraction of sp³-hybridized carbons (Fsp3) is 1.00. The highest BCUT2D eigenvalue weighted by atomic mass is 16.3. The molecule has 1 rings (SSSR count). The van der Waals surface area contributed by atoms with Gasteiger partial charge in [-0.2, -0.15) is 0 Å². The summed E-state index contributed by atoms with van der Waals surface area (Å²) in [5.41, 5.74) is -0.0120. The van der Waals surface area contributed by atoms with Crippen molar-refractivity contribution in [1.29, 1.82) is 0 Å². The summed E-state index contributed by atoms with van der Waals surface area (Å²) in [5.74, 6) is 1.44. The molecule has 1 aliphatic rings. The molecule has 1 fully saturated rings. The second-order valence-electron chi connectivity index (χ2n) is 7.37. The highest BCUT2D eigenvalue weighted by molar-refractivity contribution is 4.91. The van der Waals surface area contributed by atoms with Gasteiger partial charge in [-0.25, -0.2) is 0 Å². The Labute approximate surface area is 114 Å². The van der Waals surface area contributed by atoms with Crippen molar-refractivity contribution >= 4 is 0 Å². The van der Waals surface area contributed by atoms with E-state index in [1.807, 2.05) is 0 Å². The van der Waals surface area contributed by atoms with E-state index in [9.17, 15) is 5.11 Å². The van der Waals surface area contributed by atoms with Gasteiger partial charge in [-0.3, -0.25) is 0 Å². The maximum Gasteiger partial charge on any atom is 0.0771 e. The molecule has 1 aliphatic carbocycles. The lowest BCUT2D eigenvalue weighted by molar-refractivity contribution is -0.0270. The Kier molecular flexibility index (Phi) is 5.67. The van der Waals surface area contributed by atoms with Crippen LogP contribution < -0.4 is 5.32 Å². The number of hydrogen-bond acceptors (Lipinski definition) is 2. The molecule has 0 atom stereocenters. The summed E-state index contributed by atoms with van der Waals surface area (Å²) < 4.78 is 0. The first-order valence-electron chi connectivity index (χ1n) is 7.72. The van der Waals surface area contributed by atoms with Crippen LogP contribution in [0.4, 0.5) is 0 Å². The van der Waals surface area contributed by atoms with Gasteiger partial charge in [0.1, 0.15) is 0 Å². The summed E-state index contributed by atoms with van der Waals surface area (Å²) in [6.45, 7) is 13.2. The second-order valence-corrected chi connectivity index (χ2v) is 7.37. The fourth-order valence-electron chi connectivity index (χ4n) is 3.00. The normalized spacial score (nSPS) is 29.8. The zero-order valence-corrected chi connectivity index (χ0v) is 13.1. The van der Waals surface area contributed by atoms with E-state index in [-0.39, 0.29) is 0 Å². The molecular weight excluding hydrogens is 222 g/mol. The summed E-state index contributed by atoms with van der Waals surface area (Å²) in [7, 11) is 0. The van der Waals surface area contributed by atoms with Crippen molar-refractivity contribution in [2.45, 2.75) is 72.3 Å². The van der Waals surface area contributed by atoms with Crippen LogP contribution in [-0.2, 0) is 0 Å². The van der Waals surface area contributed by atoms with E-state index < -0.39 is 5.60 Å². The molecule has 0 bridgehead atoms. The molecule has 0 aromatic carbocycles. The smallest absolute Gasteiger partial charge is 0.0771 e. The summed E-state index contributed by atoms with van der Waals surface area (Å²) in [6.07, 6.45) is 5.53. The lowest BCUT2D eigenvalue weighted by atomic mass is 9.66. The predicted molar refractivity (Wildman–Crippen MR) is 78.7 cm³/mol. The van der Waals surface area contributed by atoms with Gasteiger partial charge in [0.15, 0.2) is 0 Å². The Morgan fingerprint density at radius 3 is 2.28 bits per heavy atom. The van der Waals surface area contributed by atoms with Gasteiger partial charge in [0.05, 0.1) is 5.60 Å². The van der Waals surface area contributed by atoms with Gasteiger partial charge in [-0.15, -0.1) is 0 Å². The third kappa shape index (κ3) is 4.55. The Morgan fingerprint density at radius 2 is 1.83 bits per heavy atom. The topological polar surface area (TPSA) is 32.3 Å². The van der Waals surface area contributed by atoms with Crippen molar-refractivity contribution < 1.29 is 5.11 Å². The van der Waals surface area contributed by atoms with Crippen LogP contribution in [0.5, 0.6) is 0 Å². The highest BCUT2D eigenvalue weighted by Crippen LogP contribution is 2.43. The van der Waals surface area contributed by atoms with Crippen LogP contribution in [-0.4, -0.2) is 23.8 Å². The first-order valence-corrected chi connectivity index (χ1v) is 7.72. The van der Waals surface area contributed by atoms with E-state index in [4.69, 9.17) is 0 Å². The Morgan fingerprint density at radius 1 is 1.28 bits per heavy atom. The standard InChI is InChI=1S/C16H33NO/c1-6-15(4,5)14-7-9-16(18,10-8-14)12-17-11-13(2)3/h13-14,17-18H,6-12H2,1-5H3. The van der Waals surface area contributed by atoms with Crippen molar-refractivity contribution in [1.82, 2.24) is 5.32 Å². The molecule has 0 saturated heterocycles. The second kappa shape index (κ2) is 6.38. The number of nitrogens with one attached hydrogen (secondary N) is 1. The van der Waals surface area contributed by atoms with E-state index in [0.717, 1.165) is 31.8 Å². The first kappa shape index (κ1) is 16.0. The van der Waals surface area contributed by atoms with Crippen molar-refractivity contribution in [2.75, 3.05) is 13.1 Å². The lowest BCUT2D eigenvalue weighted by Gasteiger charge is -2.42. The largest absolute Gasteiger partial charge is 0.389 e. The Bertz CT molecular complexity index is 239. The summed E-state index contributed by atoms with van der Waals surface area (Å²) in [6, 6.07) is 0. The predicted octanol–water partition coefficient (Wildman–Crippen LogP) is 3.59. The minimum absolute atomic E-state index is 0.437. The molecule has 2 heteroatoms. The van der Waals surface area contributed by atoms with Gasteiger partial charge in [0.25, 0.3) is 0 Å². The van der Waals surface area contributed by atoms with Crippen LogP contribution in [0.3, 0.4) is 0 Å². The molecule has 18 heavy (non-hydrogen) atoms. The molecule has 0 amide bonds. The summed E-state index contributed by atoms with van der Waals surface area (Å²) in [5, 5.41) is 14.0. The molecule has 1 saturated carbocycles.